The highest BCUT2D eigenvalue weighted by atomic mass is 16.3. The first-order valence-corrected chi connectivity index (χ1v) is 10.8. The maximum absolute atomic E-state index is 13.9. The number of amides is 2. The number of hydrogen-bond donors (Lipinski definition) is 1. The first-order valence-electron chi connectivity index (χ1n) is 10.8. The van der Waals surface area contributed by atoms with E-state index in [1.807, 2.05) is 67.6 Å². The minimum Gasteiger partial charge on any atom is -0.392 e. The summed E-state index contributed by atoms with van der Waals surface area (Å²) >= 11 is 0. The Bertz CT molecular complexity index is 1200. The van der Waals surface area contributed by atoms with Crippen molar-refractivity contribution in [3.05, 3.63) is 101 Å². The molecule has 2 amide bonds. The number of aliphatic hydroxyl groups is 1. The van der Waals surface area contributed by atoms with Gasteiger partial charge in [-0.15, -0.1) is 0 Å². The Hall–Kier alpha value is -3.24. The topological polar surface area (TPSA) is 57.6 Å². The van der Waals surface area contributed by atoms with Crippen LogP contribution in [0.3, 0.4) is 0 Å². The SMILES string of the molecule is Cc1ccc(N2C(=O)[C@@H]3C4c5ccccc5C([C@@H](C)O)(c5ccccc54)[C@H]3C2=O)cc1. The van der Waals surface area contributed by atoms with Gasteiger partial charge >= 0.3 is 0 Å². The maximum atomic E-state index is 13.9. The van der Waals surface area contributed by atoms with Gasteiger partial charge in [0.1, 0.15) is 0 Å². The number of aryl methyl sites for hydroxylation is 1. The van der Waals surface area contributed by atoms with E-state index >= 15 is 0 Å². The molecular weight excluding hydrogens is 386 g/mol. The Kier molecular flexibility index (Phi) is 3.67. The number of benzene rings is 3. The molecule has 31 heavy (non-hydrogen) atoms. The van der Waals surface area contributed by atoms with Crippen LogP contribution >= 0.6 is 0 Å². The van der Waals surface area contributed by atoms with Crippen molar-refractivity contribution in [2.75, 3.05) is 4.90 Å². The van der Waals surface area contributed by atoms with E-state index in [9.17, 15) is 14.7 Å². The number of rotatable bonds is 2. The molecule has 0 aromatic heterocycles. The second kappa shape index (κ2) is 6.14. The molecule has 0 saturated carbocycles. The molecule has 1 fully saturated rings. The van der Waals surface area contributed by atoms with Crippen molar-refractivity contribution in [1.82, 2.24) is 0 Å². The van der Waals surface area contributed by atoms with Crippen molar-refractivity contribution in [1.29, 1.82) is 0 Å². The number of imide groups is 1. The molecule has 4 nitrogen and oxygen atoms in total. The highest BCUT2D eigenvalue weighted by molar-refractivity contribution is 6.23. The van der Waals surface area contributed by atoms with Gasteiger partial charge in [0, 0.05) is 5.92 Å². The van der Waals surface area contributed by atoms with Crippen molar-refractivity contribution >= 4 is 17.5 Å². The van der Waals surface area contributed by atoms with Crippen LogP contribution in [0, 0.1) is 18.8 Å². The van der Waals surface area contributed by atoms with E-state index in [0.717, 1.165) is 27.8 Å². The molecule has 2 bridgehead atoms. The minimum absolute atomic E-state index is 0.169. The number of carbonyl (C=O) groups is 2. The zero-order chi connectivity index (χ0) is 21.5. The molecule has 3 atom stereocenters. The lowest BCUT2D eigenvalue weighted by molar-refractivity contribution is -0.126. The number of carbonyl (C=O) groups excluding carboxylic acids is 2. The second-order valence-corrected chi connectivity index (χ2v) is 9.05. The fourth-order valence-electron chi connectivity index (χ4n) is 6.49. The van der Waals surface area contributed by atoms with Crippen molar-refractivity contribution < 1.29 is 14.7 Å². The second-order valence-electron chi connectivity index (χ2n) is 9.05. The van der Waals surface area contributed by atoms with E-state index < -0.39 is 23.4 Å². The summed E-state index contributed by atoms with van der Waals surface area (Å²) < 4.78 is 0. The quantitative estimate of drug-likeness (QED) is 0.653. The van der Waals surface area contributed by atoms with Crippen LogP contribution in [0.1, 0.15) is 40.7 Å². The predicted octanol–water partition coefficient (Wildman–Crippen LogP) is 3.93. The molecule has 1 aliphatic heterocycles. The summed E-state index contributed by atoms with van der Waals surface area (Å²) in [5, 5.41) is 11.3. The third-order valence-corrected chi connectivity index (χ3v) is 7.63. The average molecular weight is 409 g/mol. The monoisotopic (exact) mass is 409 g/mol. The van der Waals surface area contributed by atoms with Gasteiger partial charge in [-0.25, -0.2) is 4.90 Å². The molecule has 7 rings (SSSR count). The lowest BCUT2D eigenvalue weighted by atomic mass is 9.46. The average Bonchev–Trinajstić information content (AvgIpc) is 3.05. The fourth-order valence-corrected chi connectivity index (χ4v) is 6.49. The van der Waals surface area contributed by atoms with E-state index in [4.69, 9.17) is 0 Å². The molecule has 154 valence electrons. The van der Waals surface area contributed by atoms with Crippen molar-refractivity contribution in [2.45, 2.75) is 31.3 Å². The highest BCUT2D eigenvalue weighted by Gasteiger charge is 2.69. The van der Waals surface area contributed by atoms with E-state index in [2.05, 4.69) is 12.1 Å². The van der Waals surface area contributed by atoms with Crippen molar-refractivity contribution in [2.24, 2.45) is 11.8 Å². The molecular formula is C27H23NO3. The molecule has 1 N–H and O–H groups in total. The lowest BCUT2D eigenvalue weighted by Crippen LogP contribution is -2.58. The molecule has 0 unspecified atom stereocenters. The number of anilines is 1. The molecule has 0 radical (unpaired) electrons. The predicted molar refractivity (Wildman–Crippen MR) is 118 cm³/mol. The van der Waals surface area contributed by atoms with Gasteiger partial charge in [-0.1, -0.05) is 66.2 Å². The first-order chi connectivity index (χ1) is 15.0. The van der Waals surface area contributed by atoms with Gasteiger partial charge < -0.3 is 5.11 Å². The van der Waals surface area contributed by atoms with Crippen LogP contribution in [0.15, 0.2) is 72.8 Å². The van der Waals surface area contributed by atoms with Crippen LogP contribution in [-0.2, 0) is 15.0 Å². The highest BCUT2D eigenvalue weighted by Crippen LogP contribution is 2.65. The third kappa shape index (κ3) is 2.08. The zero-order valence-corrected chi connectivity index (χ0v) is 17.4. The standard InChI is InChI=1S/C27H23NO3/c1-15-11-13-17(14-12-15)28-25(30)23-22-18-7-3-5-9-20(18)27(16(2)29,24(23)26(28)31)21-10-6-4-8-19(21)22/h3-14,16,22-24,29H,1-2H3/t16-,22?,23-,24-,27?/m1/s1. The van der Waals surface area contributed by atoms with Crippen molar-refractivity contribution in [3.8, 4) is 0 Å². The van der Waals surface area contributed by atoms with Gasteiger partial charge in [-0.3, -0.25) is 9.59 Å². The van der Waals surface area contributed by atoms with Gasteiger partial charge in [0.05, 0.1) is 29.0 Å². The first kappa shape index (κ1) is 18.5. The number of nitrogens with zero attached hydrogens (tertiary/aromatic N) is 1. The van der Waals surface area contributed by atoms with Gasteiger partial charge in [-0.2, -0.15) is 0 Å². The maximum Gasteiger partial charge on any atom is 0.239 e. The van der Waals surface area contributed by atoms with Crippen LogP contribution in [-0.4, -0.2) is 23.0 Å². The molecule has 4 heteroatoms. The van der Waals surface area contributed by atoms with E-state index in [-0.39, 0.29) is 17.7 Å². The van der Waals surface area contributed by atoms with Crippen LogP contribution in [0.2, 0.25) is 0 Å². The van der Waals surface area contributed by atoms with Crippen LogP contribution in [0.4, 0.5) is 5.69 Å². The summed E-state index contributed by atoms with van der Waals surface area (Å²) in [5.74, 6) is -1.72. The minimum atomic E-state index is -0.946. The lowest BCUT2D eigenvalue weighted by Gasteiger charge is -2.55. The van der Waals surface area contributed by atoms with Crippen LogP contribution < -0.4 is 4.90 Å². The summed E-state index contributed by atoms with van der Waals surface area (Å²) in [6.45, 7) is 3.73. The Morgan fingerprint density at radius 1 is 0.839 bits per heavy atom. The zero-order valence-electron chi connectivity index (χ0n) is 17.4. The fraction of sp³-hybridized carbons (Fsp3) is 0.259. The van der Waals surface area contributed by atoms with Gasteiger partial charge in [0.15, 0.2) is 0 Å². The number of hydrogen-bond acceptors (Lipinski definition) is 3. The van der Waals surface area contributed by atoms with E-state index in [0.29, 0.717) is 5.69 Å². The Morgan fingerprint density at radius 2 is 1.39 bits per heavy atom. The summed E-state index contributed by atoms with van der Waals surface area (Å²) in [5.41, 5.74) is 4.77. The van der Waals surface area contributed by atoms with Gasteiger partial charge in [0.2, 0.25) is 11.8 Å². The Labute approximate surface area is 181 Å². The molecule has 3 aromatic rings. The summed E-state index contributed by atoms with van der Waals surface area (Å²) in [6, 6.07) is 23.5. The molecule has 3 aliphatic carbocycles. The van der Waals surface area contributed by atoms with Gasteiger partial charge in [0.25, 0.3) is 0 Å². The molecule has 3 aromatic carbocycles. The third-order valence-electron chi connectivity index (χ3n) is 7.63. The van der Waals surface area contributed by atoms with E-state index in [1.54, 1.807) is 6.92 Å². The smallest absolute Gasteiger partial charge is 0.239 e. The van der Waals surface area contributed by atoms with Crippen LogP contribution in [0.5, 0.6) is 0 Å². The Morgan fingerprint density at radius 3 is 1.94 bits per heavy atom. The van der Waals surface area contributed by atoms with Gasteiger partial charge in [-0.05, 0) is 48.2 Å². The van der Waals surface area contributed by atoms with Crippen LogP contribution in [0.25, 0.3) is 0 Å². The molecule has 4 aliphatic rings. The summed E-state index contributed by atoms with van der Waals surface area (Å²) in [6.07, 6.45) is -0.835. The summed E-state index contributed by atoms with van der Waals surface area (Å²) in [7, 11) is 0. The molecule has 0 spiro atoms. The largest absolute Gasteiger partial charge is 0.392 e. The Balaban J connectivity index is 1.66. The number of aliphatic hydroxyl groups excluding tert-OH is 1. The molecule has 1 saturated heterocycles. The molecule has 1 heterocycles. The van der Waals surface area contributed by atoms with E-state index in [1.165, 1.54) is 4.90 Å². The van der Waals surface area contributed by atoms with Crippen molar-refractivity contribution in [3.63, 3.8) is 0 Å². The normalized spacial score (nSPS) is 28.9. The summed E-state index contributed by atoms with van der Waals surface area (Å²) in [4.78, 5) is 29.1.